The van der Waals surface area contributed by atoms with E-state index in [1.54, 1.807) is 20.8 Å². The van der Waals surface area contributed by atoms with Crippen LogP contribution < -0.4 is 5.32 Å². The van der Waals surface area contributed by atoms with Crippen LogP contribution in [0.15, 0.2) is 0 Å². The van der Waals surface area contributed by atoms with Gasteiger partial charge in [0, 0.05) is 18.8 Å². The third kappa shape index (κ3) is 5.56. The predicted molar refractivity (Wildman–Crippen MR) is 63.9 cm³/mol. The first-order chi connectivity index (χ1) is 8.29. The molecular formula is C12H19NO5. The second-order valence-corrected chi connectivity index (χ2v) is 4.37. The topological polar surface area (TPSA) is 101 Å². The minimum atomic E-state index is -1.15. The summed E-state index contributed by atoms with van der Waals surface area (Å²) in [5.41, 5.74) is 0. The number of hydrogen-bond donors (Lipinski definition) is 2. The molecule has 0 bridgehead atoms. The lowest BCUT2D eigenvalue weighted by molar-refractivity contribution is -0.141. The molecule has 0 unspecified atom stereocenters. The van der Waals surface area contributed by atoms with E-state index in [9.17, 15) is 19.2 Å². The number of carbonyl (C=O) groups excluding carboxylic acids is 3. The zero-order valence-corrected chi connectivity index (χ0v) is 10.9. The first-order valence-electron chi connectivity index (χ1n) is 5.85. The number of rotatable bonds is 8. The summed E-state index contributed by atoms with van der Waals surface area (Å²) >= 11 is 0. The fourth-order valence-corrected chi connectivity index (χ4v) is 1.44. The summed E-state index contributed by atoms with van der Waals surface area (Å²) in [5, 5.41) is 10.7. The molecule has 0 saturated carbocycles. The van der Waals surface area contributed by atoms with Gasteiger partial charge in [-0.15, -0.1) is 0 Å². The number of carboxylic acid groups (broad SMARTS) is 1. The molecule has 0 aromatic heterocycles. The van der Waals surface area contributed by atoms with Gasteiger partial charge in [0.05, 0.1) is 0 Å². The van der Waals surface area contributed by atoms with Crippen LogP contribution in [0.2, 0.25) is 0 Å². The number of carboxylic acids is 1. The van der Waals surface area contributed by atoms with Gasteiger partial charge in [-0.3, -0.25) is 19.2 Å². The van der Waals surface area contributed by atoms with Gasteiger partial charge < -0.3 is 10.4 Å². The second kappa shape index (κ2) is 7.58. The molecule has 1 amide bonds. The number of aliphatic carboxylic acids is 1. The zero-order chi connectivity index (χ0) is 14.3. The molecule has 0 aromatic rings. The van der Waals surface area contributed by atoms with Gasteiger partial charge in [0.2, 0.25) is 5.91 Å². The Morgan fingerprint density at radius 1 is 1.11 bits per heavy atom. The molecule has 0 fully saturated rings. The number of hydrogen-bond acceptors (Lipinski definition) is 4. The van der Waals surface area contributed by atoms with Crippen LogP contribution in [-0.4, -0.2) is 35.1 Å². The highest BCUT2D eigenvalue weighted by Crippen LogP contribution is 2.16. The molecule has 0 aliphatic carbocycles. The molecule has 0 aliphatic heterocycles. The van der Waals surface area contributed by atoms with Crippen molar-refractivity contribution in [2.75, 3.05) is 6.54 Å². The fourth-order valence-electron chi connectivity index (χ4n) is 1.44. The van der Waals surface area contributed by atoms with Gasteiger partial charge in [0.1, 0.15) is 6.54 Å². The van der Waals surface area contributed by atoms with Crippen molar-refractivity contribution >= 4 is 23.4 Å². The minimum absolute atomic E-state index is 0.112. The van der Waals surface area contributed by atoms with Crippen LogP contribution in [0.1, 0.15) is 33.6 Å². The van der Waals surface area contributed by atoms with Crippen LogP contribution in [0, 0.1) is 11.8 Å². The van der Waals surface area contributed by atoms with Crippen molar-refractivity contribution in [2.45, 2.75) is 33.6 Å². The van der Waals surface area contributed by atoms with E-state index in [1.165, 1.54) is 0 Å². The van der Waals surface area contributed by atoms with E-state index in [0.29, 0.717) is 0 Å². The smallest absolute Gasteiger partial charge is 0.322 e. The maximum Gasteiger partial charge on any atom is 0.322 e. The first-order valence-corrected chi connectivity index (χ1v) is 5.85. The van der Waals surface area contributed by atoms with Crippen molar-refractivity contribution in [1.82, 2.24) is 5.32 Å². The molecule has 1 atom stereocenters. The average Bonchev–Trinajstić information content (AvgIpc) is 2.30. The lowest BCUT2D eigenvalue weighted by atomic mass is 9.88. The molecule has 18 heavy (non-hydrogen) atoms. The van der Waals surface area contributed by atoms with Crippen LogP contribution >= 0.6 is 0 Å². The molecule has 0 radical (unpaired) electrons. The van der Waals surface area contributed by atoms with Crippen molar-refractivity contribution in [2.24, 2.45) is 11.8 Å². The Bertz CT molecular complexity index is 348. The van der Waals surface area contributed by atoms with E-state index in [0.717, 1.165) is 0 Å². The Balaban J connectivity index is 4.57. The molecule has 6 nitrogen and oxygen atoms in total. The summed E-state index contributed by atoms with van der Waals surface area (Å²) in [6.07, 6.45) is -0.0593. The fraction of sp³-hybridized carbons (Fsp3) is 0.667. The zero-order valence-electron chi connectivity index (χ0n) is 10.9. The Kier molecular flexibility index (Phi) is 6.85. The maximum atomic E-state index is 11.7. The molecule has 0 saturated heterocycles. The van der Waals surface area contributed by atoms with Gasteiger partial charge >= 0.3 is 5.97 Å². The molecule has 0 aromatic carbocycles. The van der Waals surface area contributed by atoms with Crippen molar-refractivity contribution in [1.29, 1.82) is 0 Å². The van der Waals surface area contributed by atoms with E-state index in [4.69, 9.17) is 5.11 Å². The van der Waals surface area contributed by atoms with Crippen molar-refractivity contribution in [3.05, 3.63) is 0 Å². The van der Waals surface area contributed by atoms with E-state index >= 15 is 0 Å². The summed E-state index contributed by atoms with van der Waals surface area (Å²) in [6.45, 7) is 4.58. The number of Topliss-reactive ketones (excluding diaryl/α,β-unsaturated/α-hetero) is 2. The summed E-state index contributed by atoms with van der Waals surface area (Å²) in [6, 6.07) is 0. The van der Waals surface area contributed by atoms with Crippen molar-refractivity contribution in [3.8, 4) is 0 Å². The summed E-state index contributed by atoms with van der Waals surface area (Å²) in [5.74, 6) is -3.57. The van der Waals surface area contributed by atoms with Crippen LogP contribution in [0.3, 0.4) is 0 Å². The molecule has 0 heterocycles. The van der Waals surface area contributed by atoms with E-state index in [-0.39, 0.29) is 18.8 Å². The van der Waals surface area contributed by atoms with E-state index in [1.807, 2.05) is 0 Å². The monoisotopic (exact) mass is 257 g/mol. The summed E-state index contributed by atoms with van der Waals surface area (Å²) < 4.78 is 0. The third-order valence-corrected chi connectivity index (χ3v) is 2.59. The second-order valence-electron chi connectivity index (χ2n) is 4.37. The van der Waals surface area contributed by atoms with Crippen molar-refractivity contribution < 1.29 is 24.3 Å². The average molecular weight is 257 g/mol. The van der Waals surface area contributed by atoms with Gasteiger partial charge in [-0.2, -0.15) is 0 Å². The minimum Gasteiger partial charge on any atom is -0.480 e. The van der Waals surface area contributed by atoms with Gasteiger partial charge in [0.15, 0.2) is 11.6 Å². The highest BCUT2D eigenvalue weighted by atomic mass is 16.4. The highest BCUT2D eigenvalue weighted by molar-refractivity contribution is 6.37. The molecular weight excluding hydrogens is 238 g/mol. The number of nitrogens with one attached hydrogen (secondary N) is 1. The van der Waals surface area contributed by atoms with Gasteiger partial charge in [-0.25, -0.2) is 0 Å². The first kappa shape index (κ1) is 16.3. The van der Waals surface area contributed by atoms with Crippen LogP contribution in [0.25, 0.3) is 0 Å². The molecule has 0 spiro atoms. The largest absolute Gasteiger partial charge is 0.480 e. The molecule has 6 heteroatoms. The Morgan fingerprint density at radius 3 is 2.06 bits per heavy atom. The maximum absolute atomic E-state index is 11.7. The number of ketones is 2. The Labute approximate surface area is 106 Å². The molecule has 2 N–H and O–H groups in total. The lowest BCUT2D eigenvalue weighted by Crippen LogP contribution is -2.38. The number of carbonyl (C=O) groups is 4. The van der Waals surface area contributed by atoms with Crippen LogP contribution in [0.5, 0.6) is 0 Å². The predicted octanol–water partition coefficient (Wildman–Crippen LogP) is 0.398. The van der Waals surface area contributed by atoms with Crippen LogP contribution in [-0.2, 0) is 19.2 Å². The quantitative estimate of drug-likeness (QED) is 0.613. The Morgan fingerprint density at radius 2 is 1.67 bits per heavy atom. The standard InChI is InChI=1S/C12H19NO5/c1-4-9(14)10(15)5-8(7(2)3)12(18)13-6-11(16)17/h7-8H,4-6H2,1-3H3,(H,13,18)(H,16,17)/t8-/m0/s1. The lowest BCUT2D eigenvalue weighted by Gasteiger charge is -2.18. The SMILES string of the molecule is CCC(=O)C(=O)C[C@H](C(=O)NCC(=O)O)C(C)C. The van der Waals surface area contributed by atoms with E-state index in [2.05, 4.69) is 5.32 Å². The van der Waals surface area contributed by atoms with Gasteiger partial charge in [-0.1, -0.05) is 20.8 Å². The summed E-state index contributed by atoms with van der Waals surface area (Å²) in [4.78, 5) is 44.7. The number of amides is 1. The van der Waals surface area contributed by atoms with Gasteiger partial charge in [0.25, 0.3) is 0 Å². The van der Waals surface area contributed by atoms with Gasteiger partial charge in [-0.05, 0) is 5.92 Å². The summed E-state index contributed by atoms with van der Waals surface area (Å²) in [7, 11) is 0. The van der Waals surface area contributed by atoms with Crippen LogP contribution in [0.4, 0.5) is 0 Å². The normalized spacial score (nSPS) is 12.0. The molecule has 102 valence electrons. The Hall–Kier alpha value is -1.72. The third-order valence-electron chi connectivity index (χ3n) is 2.59. The highest BCUT2D eigenvalue weighted by Gasteiger charge is 2.27. The van der Waals surface area contributed by atoms with Crippen molar-refractivity contribution in [3.63, 3.8) is 0 Å². The molecule has 0 rings (SSSR count). The van der Waals surface area contributed by atoms with E-state index < -0.39 is 35.9 Å². The molecule has 0 aliphatic rings.